The molecule has 0 fully saturated rings. The fourth-order valence-corrected chi connectivity index (χ4v) is 3.75. The zero-order valence-electron chi connectivity index (χ0n) is 15.8. The minimum Gasteiger partial charge on any atom is -0.494 e. The number of ether oxygens (including phenoxy) is 1. The van der Waals surface area contributed by atoms with Crippen LogP contribution in [-0.2, 0) is 7.05 Å². The highest BCUT2D eigenvalue weighted by Crippen LogP contribution is 2.26. The van der Waals surface area contributed by atoms with Crippen molar-refractivity contribution in [2.45, 2.75) is 13.8 Å². The van der Waals surface area contributed by atoms with Gasteiger partial charge in [-0.15, -0.1) is 11.3 Å². The van der Waals surface area contributed by atoms with Crippen LogP contribution in [0.15, 0.2) is 41.9 Å². The van der Waals surface area contributed by atoms with Gasteiger partial charge in [-0.1, -0.05) is 0 Å². The van der Waals surface area contributed by atoms with Gasteiger partial charge in [0.25, 0.3) is 5.91 Å². The van der Waals surface area contributed by atoms with Crippen LogP contribution >= 0.6 is 11.3 Å². The third-order valence-electron chi connectivity index (χ3n) is 4.27. The molecule has 0 saturated carbocycles. The number of nitrogens with one attached hydrogen (secondary N) is 1. The summed E-state index contributed by atoms with van der Waals surface area (Å²) >= 11 is 1.43. The van der Waals surface area contributed by atoms with E-state index in [2.05, 4.69) is 20.4 Å². The molecule has 0 aliphatic heterocycles. The number of thiazole rings is 1. The van der Waals surface area contributed by atoms with Crippen molar-refractivity contribution in [2.24, 2.45) is 7.05 Å². The number of benzene rings is 1. The number of amides is 1. The van der Waals surface area contributed by atoms with Gasteiger partial charge in [-0.2, -0.15) is 5.10 Å². The summed E-state index contributed by atoms with van der Waals surface area (Å²) in [5.41, 5.74) is 3.58. The molecular formula is C20H19N5O2S. The van der Waals surface area contributed by atoms with Crippen LogP contribution in [-0.4, -0.2) is 32.3 Å². The average Bonchev–Trinajstić information content (AvgIpc) is 3.28. The Kier molecular flexibility index (Phi) is 4.79. The SMILES string of the molecule is CCOc1ccc(-c2nc(C(=O)Nc3cnc4c(c3)c(C)nn4C)cs2)cc1. The lowest BCUT2D eigenvalue weighted by atomic mass is 10.2. The molecule has 0 aliphatic carbocycles. The number of anilines is 1. The van der Waals surface area contributed by atoms with Crippen LogP contribution in [0, 0.1) is 6.92 Å². The third-order valence-corrected chi connectivity index (χ3v) is 5.16. The number of hydrogen-bond acceptors (Lipinski definition) is 6. The predicted octanol–water partition coefficient (Wildman–Crippen LogP) is 4.05. The number of pyridine rings is 1. The third kappa shape index (κ3) is 3.46. The maximum Gasteiger partial charge on any atom is 0.275 e. The lowest BCUT2D eigenvalue weighted by molar-refractivity contribution is 0.102. The Morgan fingerprint density at radius 1 is 1.29 bits per heavy atom. The number of nitrogens with zero attached hydrogens (tertiary/aromatic N) is 4. The molecule has 4 rings (SSSR count). The van der Waals surface area contributed by atoms with Crippen LogP contribution in [0.3, 0.4) is 0 Å². The molecule has 0 atom stereocenters. The van der Waals surface area contributed by atoms with Gasteiger partial charge in [-0.25, -0.2) is 9.97 Å². The summed E-state index contributed by atoms with van der Waals surface area (Å²) < 4.78 is 7.18. The summed E-state index contributed by atoms with van der Waals surface area (Å²) in [6, 6.07) is 9.56. The van der Waals surface area contributed by atoms with Crippen molar-refractivity contribution in [3.63, 3.8) is 0 Å². The lowest BCUT2D eigenvalue weighted by Gasteiger charge is -2.04. The van der Waals surface area contributed by atoms with Crippen molar-refractivity contribution in [3.05, 3.63) is 53.3 Å². The van der Waals surface area contributed by atoms with E-state index < -0.39 is 0 Å². The van der Waals surface area contributed by atoms with Crippen LogP contribution in [0.2, 0.25) is 0 Å². The van der Waals surface area contributed by atoms with Crippen molar-refractivity contribution < 1.29 is 9.53 Å². The minimum atomic E-state index is -0.267. The summed E-state index contributed by atoms with van der Waals surface area (Å²) in [5.74, 6) is 0.547. The van der Waals surface area contributed by atoms with E-state index in [0.29, 0.717) is 18.0 Å². The monoisotopic (exact) mass is 393 g/mol. The van der Waals surface area contributed by atoms with Gasteiger partial charge in [0, 0.05) is 23.4 Å². The zero-order chi connectivity index (χ0) is 19.7. The van der Waals surface area contributed by atoms with Gasteiger partial charge in [0.05, 0.1) is 24.2 Å². The molecule has 0 bridgehead atoms. The summed E-state index contributed by atoms with van der Waals surface area (Å²) in [6.07, 6.45) is 1.63. The van der Waals surface area contributed by atoms with E-state index in [9.17, 15) is 4.79 Å². The normalized spacial score (nSPS) is 11.0. The van der Waals surface area contributed by atoms with E-state index in [4.69, 9.17) is 4.74 Å². The van der Waals surface area contributed by atoms with Crippen molar-refractivity contribution in [1.82, 2.24) is 19.7 Å². The van der Waals surface area contributed by atoms with E-state index in [1.165, 1.54) is 11.3 Å². The molecule has 8 heteroatoms. The minimum absolute atomic E-state index is 0.267. The number of fused-ring (bicyclic) bond motifs is 1. The van der Waals surface area contributed by atoms with Gasteiger partial charge >= 0.3 is 0 Å². The molecule has 3 heterocycles. The maximum atomic E-state index is 12.6. The van der Waals surface area contributed by atoms with Gasteiger partial charge in [-0.3, -0.25) is 9.48 Å². The van der Waals surface area contributed by atoms with Gasteiger partial charge in [0.2, 0.25) is 0 Å². The first-order chi connectivity index (χ1) is 13.5. The first kappa shape index (κ1) is 18.1. The summed E-state index contributed by atoms with van der Waals surface area (Å²) in [6.45, 7) is 4.49. The summed E-state index contributed by atoms with van der Waals surface area (Å²) in [7, 11) is 1.85. The molecule has 0 saturated heterocycles. The quantitative estimate of drug-likeness (QED) is 0.553. The highest BCUT2D eigenvalue weighted by atomic mass is 32.1. The van der Waals surface area contributed by atoms with Gasteiger partial charge in [-0.05, 0) is 44.2 Å². The number of rotatable bonds is 5. The van der Waals surface area contributed by atoms with E-state index in [0.717, 1.165) is 33.0 Å². The Hall–Kier alpha value is -3.26. The summed E-state index contributed by atoms with van der Waals surface area (Å²) in [5, 5.41) is 10.7. The molecule has 1 N–H and O–H groups in total. The van der Waals surface area contributed by atoms with Gasteiger partial charge < -0.3 is 10.1 Å². The zero-order valence-corrected chi connectivity index (χ0v) is 16.6. The number of hydrogen-bond donors (Lipinski definition) is 1. The molecule has 1 amide bonds. The van der Waals surface area contributed by atoms with E-state index in [1.54, 1.807) is 16.3 Å². The fourth-order valence-electron chi connectivity index (χ4n) is 2.94. The molecule has 3 aromatic heterocycles. The van der Waals surface area contributed by atoms with Crippen molar-refractivity contribution in [3.8, 4) is 16.3 Å². The Labute approximate surface area is 166 Å². The first-order valence-electron chi connectivity index (χ1n) is 8.84. The summed E-state index contributed by atoms with van der Waals surface area (Å²) in [4.78, 5) is 21.4. The second-order valence-electron chi connectivity index (χ2n) is 6.25. The van der Waals surface area contributed by atoms with Gasteiger partial charge in [0.15, 0.2) is 5.65 Å². The Morgan fingerprint density at radius 2 is 2.07 bits per heavy atom. The molecule has 0 unspecified atom stereocenters. The van der Waals surface area contributed by atoms with Crippen LogP contribution in [0.5, 0.6) is 5.75 Å². The lowest BCUT2D eigenvalue weighted by Crippen LogP contribution is -2.12. The van der Waals surface area contributed by atoms with Crippen molar-refractivity contribution >= 4 is 34.0 Å². The smallest absolute Gasteiger partial charge is 0.275 e. The number of carbonyl (C=O) groups is 1. The molecular weight excluding hydrogens is 374 g/mol. The molecule has 28 heavy (non-hydrogen) atoms. The second kappa shape index (κ2) is 7.40. The van der Waals surface area contributed by atoms with Crippen LogP contribution in [0.1, 0.15) is 23.1 Å². The van der Waals surface area contributed by atoms with Crippen LogP contribution in [0.25, 0.3) is 21.6 Å². The van der Waals surface area contributed by atoms with Crippen molar-refractivity contribution in [2.75, 3.05) is 11.9 Å². The highest BCUT2D eigenvalue weighted by Gasteiger charge is 2.14. The predicted molar refractivity (Wildman–Crippen MR) is 110 cm³/mol. The highest BCUT2D eigenvalue weighted by molar-refractivity contribution is 7.13. The van der Waals surface area contributed by atoms with E-state index >= 15 is 0 Å². The van der Waals surface area contributed by atoms with Gasteiger partial charge in [0.1, 0.15) is 16.5 Å². The Bertz CT molecular complexity index is 1150. The van der Waals surface area contributed by atoms with E-state index in [1.807, 2.05) is 51.2 Å². The Balaban J connectivity index is 1.52. The number of aromatic nitrogens is 4. The Morgan fingerprint density at radius 3 is 2.82 bits per heavy atom. The molecule has 7 nitrogen and oxygen atoms in total. The number of carbonyl (C=O) groups excluding carboxylic acids is 1. The first-order valence-corrected chi connectivity index (χ1v) is 9.72. The average molecular weight is 393 g/mol. The largest absolute Gasteiger partial charge is 0.494 e. The molecule has 1 aromatic carbocycles. The molecule has 0 aliphatic rings. The van der Waals surface area contributed by atoms with Crippen LogP contribution in [0.4, 0.5) is 5.69 Å². The van der Waals surface area contributed by atoms with Crippen LogP contribution < -0.4 is 10.1 Å². The van der Waals surface area contributed by atoms with Crippen molar-refractivity contribution in [1.29, 1.82) is 0 Å². The topological polar surface area (TPSA) is 81.9 Å². The number of aryl methyl sites for hydroxylation is 2. The second-order valence-corrected chi connectivity index (χ2v) is 7.11. The molecule has 4 aromatic rings. The molecule has 0 radical (unpaired) electrons. The maximum absolute atomic E-state index is 12.6. The van der Waals surface area contributed by atoms with E-state index in [-0.39, 0.29) is 5.91 Å². The fraction of sp³-hybridized carbons (Fsp3) is 0.200. The molecule has 0 spiro atoms. The standard InChI is InChI=1S/C20H19N5O2S/c1-4-27-15-7-5-13(6-8-15)20-23-17(11-28-20)19(26)22-14-9-16-12(2)24-25(3)18(16)21-10-14/h5-11H,4H2,1-3H3,(H,22,26). The molecule has 142 valence electrons.